The molecule has 0 aromatic carbocycles. The maximum absolute atomic E-state index is 12.9. The maximum Gasteiger partial charge on any atom is 0.451 e. The normalized spacial score (nSPS) is 29.1. The Kier molecular flexibility index (Phi) is 5.84. The fourth-order valence-corrected chi connectivity index (χ4v) is 5.26. The standard InChI is InChI=1S/C13H27BN4O6S/c1-17(12(8-15)4-5-12)25(23,24)18-7-10(3-2-6-14(21)22)13(16,9-18)11(19)20/h10,21-22H,2-9,15-16H2,1H3,(H,19,20)/t10-,13?/m0/s1. The molecule has 2 aliphatic rings. The van der Waals surface area contributed by atoms with Gasteiger partial charge in [-0.2, -0.15) is 17.0 Å². The molecule has 0 aromatic heterocycles. The number of hydrogen-bond donors (Lipinski definition) is 5. The van der Waals surface area contributed by atoms with Crippen LogP contribution in [-0.2, 0) is 15.0 Å². The number of hydrogen-bond acceptors (Lipinski definition) is 7. The van der Waals surface area contributed by atoms with Crippen molar-refractivity contribution in [1.82, 2.24) is 8.61 Å². The van der Waals surface area contributed by atoms with Crippen molar-refractivity contribution in [2.24, 2.45) is 17.4 Å². The number of aliphatic carboxylic acids is 1. The van der Waals surface area contributed by atoms with E-state index in [0.717, 1.165) is 4.31 Å². The van der Waals surface area contributed by atoms with Crippen LogP contribution in [0.1, 0.15) is 25.7 Å². The second-order valence-corrected chi connectivity index (χ2v) is 9.11. The molecule has 1 saturated carbocycles. The Labute approximate surface area is 148 Å². The number of rotatable bonds is 9. The van der Waals surface area contributed by atoms with E-state index in [0.29, 0.717) is 19.3 Å². The van der Waals surface area contributed by atoms with Crippen LogP contribution >= 0.6 is 0 Å². The quantitative estimate of drug-likeness (QED) is 0.277. The lowest BCUT2D eigenvalue weighted by Crippen LogP contribution is -2.56. The van der Waals surface area contributed by atoms with Gasteiger partial charge in [0, 0.05) is 38.1 Å². The van der Waals surface area contributed by atoms with Gasteiger partial charge in [0.25, 0.3) is 10.2 Å². The van der Waals surface area contributed by atoms with Gasteiger partial charge in [0.2, 0.25) is 0 Å². The lowest BCUT2D eigenvalue weighted by Gasteiger charge is -2.30. The minimum atomic E-state index is -3.88. The second-order valence-electron chi connectivity index (χ2n) is 7.15. The molecule has 0 radical (unpaired) electrons. The molecule has 0 spiro atoms. The van der Waals surface area contributed by atoms with E-state index >= 15 is 0 Å². The summed E-state index contributed by atoms with van der Waals surface area (Å²) in [6.07, 6.45) is 2.06. The van der Waals surface area contributed by atoms with E-state index in [1.807, 2.05) is 0 Å². The van der Waals surface area contributed by atoms with Crippen LogP contribution in [0.3, 0.4) is 0 Å². The number of likely N-dealkylation sites (N-methyl/N-ethyl adjacent to an activating group) is 1. The summed E-state index contributed by atoms with van der Waals surface area (Å²) in [6, 6.07) is 0. The average molecular weight is 378 g/mol. The maximum atomic E-state index is 12.9. The first kappa shape index (κ1) is 20.6. The molecule has 144 valence electrons. The van der Waals surface area contributed by atoms with Crippen molar-refractivity contribution in [1.29, 1.82) is 0 Å². The van der Waals surface area contributed by atoms with Gasteiger partial charge < -0.3 is 26.6 Å². The van der Waals surface area contributed by atoms with Gasteiger partial charge in [-0.25, -0.2) is 0 Å². The highest BCUT2D eigenvalue weighted by Gasteiger charge is 2.56. The molecule has 7 N–H and O–H groups in total. The van der Waals surface area contributed by atoms with E-state index in [2.05, 4.69) is 0 Å². The molecule has 0 aromatic rings. The Balaban J connectivity index is 2.16. The summed E-state index contributed by atoms with van der Waals surface area (Å²) < 4.78 is 28.1. The number of nitrogens with zero attached hydrogens (tertiary/aromatic N) is 2. The average Bonchev–Trinajstić information content (AvgIpc) is 3.25. The summed E-state index contributed by atoms with van der Waals surface area (Å²) in [6.45, 7) is -0.124. The van der Waals surface area contributed by atoms with Crippen LogP contribution in [0.4, 0.5) is 0 Å². The zero-order valence-corrected chi connectivity index (χ0v) is 15.2. The molecular weight excluding hydrogens is 351 g/mol. The number of nitrogens with two attached hydrogens (primary N) is 2. The van der Waals surface area contributed by atoms with Crippen LogP contribution in [0.5, 0.6) is 0 Å². The smallest absolute Gasteiger partial charge is 0.451 e. The van der Waals surface area contributed by atoms with Crippen molar-refractivity contribution in [2.75, 3.05) is 26.7 Å². The van der Waals surface area contributed by atoms with Crippen molar-refractivity contribution in [3.8, 4) is 0 Å². The van der Waals surface area contributed by atoms with Gasteiger partial charge in [0.05, 0.1) is 0 Å². The first-order chi connectivity index (χ1) is 11.5. The summed E-state index contributed by atoms with van der Waals surface area (Å²) in [4.78, 5) is 11.7. The van der Waals surface area contributed by atoms with Crippen molar-refractivity contribution < 1.29 is 28.4 Å². The first-order valence-corrected chi connectivity index (χ1v) is 9.72. The molecule has 1 unspecified atom stereocenters. The molecule has 0 amide bonds. The minimum absolute atomic E-state index is 0.0162. The summed E-state index contributed by atoms with van der Waals surface area (Å²) in [5.41, 5.74) is 9.45. The molecule has 2 rings (SSSR count). The molecule has 1 heterocycles. The number of carboxylic acid groups (broad SMARTS) is 1. The predicted octanol–water partition coefficient (Wildman–Crippen LogP) is -2.38. The predicted molar refractivity (Wildman–Crippen MR) is 91.6 cm³/mol. The zero-order chi connectivity index (χ0) is 19.0. The summed E-state index contributed by atoms with van der Waals surface area (Å²) in [5, 5.41) is 27.4. The van der Waals surface area contributed by atoms with Crippen molar-refractivity contribution >= 4 is 23.3 Å². The Morgan fingerprint density at radius 2 is 2.00 bits per heavy atom. The van der Waals surface area contributed by atoms with Crippen LogP contribution in [0.2, 0.25) is 6.32 Å². The van der Waals surface area contributed by atoms with Gasteiger partial charge >= 0.3 is 13.1 Å². The molecule has 2 fully saturated rings. The van der Waals surface area contributed by atoms with Crippen LogP contribution in [0.15, 0.2) is 0 Å². The topological polar surface area (TPSA) is 170 Å². The molecule has 12 heteroatoms. The Bertz CT molecular complexity index is 614. The number of carboxylic acids is 1. The lowest BCUT2D eigenvalue weighted by molar-refractivity contribution is -0.144. The van der Waals surface area contributed by atoms with Gasteiger partial charge in [-0.05, 0) is 25.6 Å². The second kappa shape index (κ2) is 7.10. The monoisotopic (exact) mass is 378 g/mol. The third-order valence-electron chi connectivity index (χ3n) is 5.55. The molecule has 10 nitrogen and oxygen atoms in total. The highest BCUT2D eigenvalue weighted by Crippen LogP contribution is 2.43. The van der Waals surface area contributed by atoms with E-state index in [4.69, 9.17) is 21.5 Å². The van der Waals surface area contributed by atoms with Gasteiger partial charge in [-0.3, -0.25) is 4.79 Å². The van der Waals surface area contributed by atoms with Gasteiger partial charge in [0.15, 0.2) is 0 Å². The fourth-order valence-electron chi connectivity index (χ4n) is 3.42. The highest BCUT2D eigenvalue weighted by molar-refractivity contribution is 7.86. The number of carbonyl (C=O) groups is 1. The summed E-state index contributed by atoms with van der Waals surface area (Å²) in [5.74, 6) is -1.87. The van der Waals surface area contributed by atoms with Gasteiger partial charge in [0.1, 0.15) is 5.54 Å². The van der Waals surface area contributed by atoms with Gasteiger partial charge in [-0.1, -0.05) is 6.42 Å². The van der Waals surface area contributed by atoms with E-state index in [1.54, 1.807) is 0 Å². The Hall–Kier alpha value is -0.755. The minimum Gasteiger partial charge on any atom is -0.480 e. The van der Waals surface area contributed by atoms with E-state index in [-0.39, 0.29) is 32.4 Å². The van der Waals surface area contributed by atoms with Crippen molar-refractivity contribution in [3.63, 3.8) is 0 Å². The van der Waals surface area contributed by atoms with E-state index in [1.165, 1.54) is 11.4 Å². The van der Waals surface area contributed by atoms with Gasteiger partial charge in [-0.15, -0.1) is 0 Å². The van der Waals surface area contributed by atoms with Crippen molar-refractivity contribution in [3.05, 3.63) is 0 Å². The molecular formula is C13H27BN4O6S. The Morgan fingerprint density at radius 3 is 2.44 bits per heavy atom. The van der Waals surface area contributed by atoms with E-state index in [9.17, 15) is 18.3 Å². The summed E-state index contributed by atoms with van der Waals surface area (Å²) in [7, 11) is -3.90. The van der Waals surface area contributed by atoms with Crippen LogP contribution in [0.25, 0.3) is 0 Å². The third kappa shape index (κ3) is 3.84. The fraction of sp³-hybridized carbons (Fsp3) is 0.923. The zero-order valence-electron chi connectivity index (χ0n) is 14.3. The molecule has 1 aliphatic carbocycles. The molecule has 1 aliphatic heterocycles. The summed E-state index contributed by atoms with van der Waals surface area (Å²) >= 11 is 0. The first-order valence-electron chi connectivity index (χ1n) is 8.32. The van der Waals surface area contributed by atoms with Crippen molar-refractivity contribution in [2.45, 2.75) is 43.1 Å². The molecule has 2 atom stereocenters. The van der Waals surface area contributed by atoms with Crippen LogP contribution in [-0.4, -0.2) is 83.0 Å². The third-order valence-corrected chi connectivity index (χ3v) is 7.56. The highest BCUT2D eigenvalue weighted by atomic mass is 32.2. The van der Waals surface area contributed by atoms with Crippen LogP contribution in [0, 0.1) is 5.92 Å². The Morgan fingerprint density at radius 1 is 1.40 bits per heavy atom. The molecule has 1 saturated heterocycles. The lowest BCUT2D eigenvalue weighted by atomic mass is 9.78. The molecule has 0 bridgehead atoms. The molecule has 25 heavy (non-hydrogen) atoms. The SMILES string of the molecule is CN(C1(CN)CC1)S(=O)(=O)N1C[C@H](CCCB(O)O)C(N)(C(=O)O)C1. The van der Waals surface area contributed by atoms with Crippen LogP contribution < -0.4 is 11.5 Å². The largest absolute Gasteiger partial charge is 0.480 e. The van der Waals surface area contributed by atoms with E-state index < -0.39 is 40.3 Å².